The van der Waals surface area contributed by atoms with E-state index in [-0.39, 0.29) is 0 Å². The van der Waals surface area contributed by atoms with Crippen LogP contribution in [0.5, 0.6) is 0 Å². The zero-order valence-corrected chi connectivity index (χ0v) is 10.8. The van der Waals surface area contributed by atoms with Gasteiger partial charge in [-0.1, -0.05) is 20.8 Å². The second kappa shape index (κ2) is 6.01. The lowest BCUT2D eigenvalue weighted by Crippen LogP contribution is -2.38. The fourth-order valence-electron chi connectivity index (χ4n) is 1.97. The molecule has 0 fully saturated rings. The molecule has 1 aromatic heterocycles. The third-order valence-electron chi connectivity index (χ3n) is 2.84. The second-order valence-corrected chi connectivity index (χ2v) is 4.80. The standard InChI is InChI=1S/C12H24N4/c1-5-10-7-12(16(4)15-10)8-11(14-13)6-9(2)3/h7,9,11,14H,5-6,8,13H2,1-4H3. The van der Waals surface area contributed by atoms with Gasteiger partial charge in [-0.2, -0.15) is 5.10 Å². The van der Waals surface area contributed by atoms with E-state index in [4.69, 9.17) is 5.84 Å². The summed E-state index contributed by atoms with van der Waals surface area (Å²) < 4.78 is 1.96. The van der Waals surface area contributed by atoms with Gasteiger partial charge in [-0.25, -0.2) is 0 Å². The second-order valence-electron chi connectivity index (χ2n) is 4.80. The molecule has 1 aromatic rings. The number of rotatable bonds is 6. The minimum atomic E-state index is 0.333. The molecule has 16 heavy (non-hydrogen) atoms. The van der Waals surface area contributed by atoms with E-state index in [1.54, 1.807) is 0 Å². The summed E-state index contributed by atoms with van der Waals surface area (Å²) in [7, 11) is 2.00. The molecule has 0 radical (unpaired) electrons. The molecule has 1 heterocycles. The Morgan fingerprint density at radius 3 is 2.62 bits per heavy atom. The predicted octanol–water partition coefficient (Wildman–Crippen LogP) is 1.40. The van der Waals surface area contributed by atoms with Crippen LogP contribution in [0.25, 0.3) is 0 Å². The lowest BCUT2D eigenvalue weighted by atomic mass is 10.00. The van der Waals surface area contributed by atoms with Gasteiger partial charge < -0.3 is 0 Å². The van der Waals surface area contributed by atoms with Gasteiger partial charge in [-0.15, -0.1) is 0 Å². The fourth-order valence-corrected chi connectivity index (χ4v) is 1.97. The van der Waals surface area contributed by atoms with Crippen molar-refractivity contribution in [3.63, 3.8) is 0 Å². The summed E-state index contributed by atoms with van der Waals surface area (Å²) in [6.07, 6.45) is 3.01. The molecule has 0 saturated heterocycles. The first-order valence-electron chi connectivity index (χ1n) is 6.04. The highest BCUT2D eigenvalue weighted by Crippen LogP contribution is 2.11. The van der Waals surface area contributed by atoms with Gasteiger partial charge in [0.1, 0.15) is 0 Å². The van der Waals surface area contributed by atoms with E-state index in [0.29, 0.717) is 12.0 Å². The monoisotopic (exact) mass is 224 g/mol. The van der Waals surface area contributed by atoms with Crippen molar-refractivity contribution in [3.8, 4) is 0 Å². The van der Waals surface area contributed by atoms with Crippen LogP contribution < -0.4 is 11.3 Å². The van der Waals surface area contributed by atoms with Gasteiger partial charge in [0.2, 0.25) is 0 Å². The molecule has 0 aromatic carbocycles. The summed E-state index contributed by atoms with van der Waals surface area (Å²) in [5.41, 5.74) is 5.30. The predicted molar refractivity (Wildman–Crippen MR) is 66.9 cm³/mol. The van der Waals surface area contributed by atoms with Crippen molar-refractivity contribution in [1.82, 2.24) is 15.2 Å². The molecule has 1 rings (SSSR count). The number of hydrogen-bond acceptors (Lipinski definition) is 3. The Labute approximate surface area is 98.2 Å². The maximum atomic E-state index is 5.58. The molecule has 0 aliphatic heterocycles. The lowest BCUT2D eigenvalue weighted by molar-refractivity contribution is 0.415. The largest absolute Gasteiger partial charge is 0.272 e. The van der Waals surface area contributed by atoms with Crippen LogP contribution in [-0.4, -0.2) is 15.8 Å². The molecule has 4 heteroatoms. The third-order valence-corrected chi connectivity index (χ3v) is 2.84. The smallest absolute Gasteiger partial charge is 0.0624 e. The van der Waals surface area contributed by atoms with Gasteiger partial charge >= 0.3 is 0 Å². The number of nitrogens with one attached hydrogen (secondary N) is 1. The Kier molecular flexibility index (Phi) is 4.96. The Bertz CT molecular complexity index is 317. The number of aryl methyl sites for hydroxylation is 2. The van der Waals surface area contributed by atoms with E-state index >= 15 is 0 Å². The number of hydrogen-bond donors (Lipinski definition) is 2. The van der Waals surface area contributed by atoms with Crippen molar-refractivity contribution < 1.29 is 0 Å². The van der Waals surface area contributed by atoms with E-state index in [2.05, 4.69) is 37.4 Å². The number of nitrogens with two attached hydrogens (primary N) is 1. The number of hydrazine groups is 1. The molecule has 0 amide bonds. The fraction of sp³-hybridized carbons (Fsp3) is 0.750. The van der Waals surface area contributed by atoms with Gasteiger partial charge in [0.15, 0.2) is 0 Å². The normalized spacial score (nSPS) is 13.4. The topological polar surface area (TPSA) is 55.9 Å². The average molecular weight is 224 g/mol. The molecule has 0 spiro atoms. The molecule has 3 N–H and O–H groups in total. The van der Waals surface area contributed by atoms with Crippen molar-refractivity contribution >= 4 is 0 Å². The van der Waals surface area contributed by atoms with Crippen molar-refractivity contribution in [3.05, 3.63) is 17.5 Å². The molecule has 4 nitrogen and oxygen atoms in total. The van der Waals surface area contributed by atoms with E-state index in [9.17, 15) is 0 Å². The van der Waals surface area contributed by atoms with Gasteiger partial charge in [-0.05, 0) is 24.8 Å². The van der Waals surface area contributed by atoms with Gasteiger partial charge in [0, 0.05) is 25.2 Å². The first-order valence-corrected chi connectivity index (χ1v) is 6.04. The van der Waals surface area contributed by atoms with Crippen molar-refractivity contribution in [2.75, 3.05) is 0 Å². The molecule has 0 bridgehead atoms. The molecule has 1 unspecified atom stereocenters. The van der Waals surface area contributed by atoms with Crippen LogP contribution >= 0.6 is 0 Å². The molecule has 0 aliphatic carbocycles. The average Bonchev–Trinajstić information content (AvgIpc) is 2.58. The van der Waals surface area contributed by atoms with E-state index < -0.39 is 0 Å². The molecular weight excluding hydrogens is 200 g/mol. The van der Waals surface area contributed by atoms with E-state index in [1.807, 2.05) is 11.7 Å². The highest BCUT2D eigenvalue weighted by atomic mass is 15.3. The van der Waals surface area contributed by atoms with E-state index in [0.717, 1.165) is 25.0 Å². The quantitative estimate of drug-likeness (QED) is 0.567. The molecule has 92 valence electrons. The minimum absolute atomic E-state index is 0.333. The summed E-state index contributed by atoms with van der Waals surface area (Å²) in [5, 5.41) is 4.44. The van der Waals surface area contributed by atoms with Crippen LogP contribution in [0, 0.1) is 5.92 Å². The Morgan fingerprint density at radius 1 is 1.50 bits per heavy atom. The first-order chi connectivity index (χ1) is 7.56. The summed E-state index contributed by atoms with van der Waals surface area (Å²) in [6.45, 7) is 6.55. The molecule has 0 saturated carbocycles. The molecule has 1 atom stereocenters. The SMILES string of the molecule is CCc1cc(CC(CC(C)C)NN)n(C)n1. The van der Waals surface area contributed by atoms with Gasteiger partial charge in [-0.3, -0.25) is 16.0 Å². The van der Waals surface area contributed by atoms with Crippen LogP contribution in [-0.2, 0) is 19.9 Å². The van der Waals surface area contributed by atoms with Gasteiger partial charge in [0.25, 0.3) is 0 Å². The lowest BCUT2D eigenvalue weighted by Gasteiger charge is -2.17. The maximum absolute atomic E-state index is 5.58. The maximum Gasteiger partial charge on any atom is 0.0624 e. The summed E-state index contributed by atoms with van der Waals surface area (Å²) in [4.78, 5) is 0. The zero-order chi connectivity index (χ0) is 12.1. The van der Waals surface area contributed by atoms with Crippen LogP contribution in [0.15, 0.2) is 6.07 Å². The first kappa shape index (κ1) is 13.2. The van der Waals surface area contributed by atoms with Crippen LogP contribution in [0.4, 0.5) is 0 Å². The summed E-state index contributed by atoms with van der Waals surface area (Å²) >= 11 is 0. The number of nitrogens with zero attached hydrogens (tertiary/aromatic N) is 2. The molecular formula is C12H24N4. The Morgan fingerprint density at radius 2 is 2.19 bits per heavy atom. The highest BCUT2D eigenvalue weighted by molar-refractivity contribution is 5.11. The van der Waals surface area contributed by atoms with Crippen molar-refractivity contribution in [2.24, 2.45) is 18.8 Å². The molecule has 0 aliphatic rings. The number of aromatic nitrogens is 2. The Hall–Kier alpha value is -0.870. The van der Waals surface area contributed by atoms with Gasteiger partial charge in [0.05, 0.1) is 5.69 Å². The van der Waals surface area contributed by atoms with Crippen LogP contribution in [0.2, 0.25) is 0 Å². The highest BCUT2D eigenvalue weighted by Gasteiger charge is 2.13. The van der Waals surface area contributed by atoms with Crippen LogP contribution in [0.3, 0.4) is 0 Å². The minimum Gasteiger partial charge on any atom is -0.272 e. The van der Waals surface area contributed by atoms with E-state index in [1.165, 1.54) is 5.69 Å². The van der Waals surface area contributed by atoms with Crippen LogP contribution in [0.1, 0.15) is 38.6 Å². The summed E-state index contributed by atoms with van der Waals surface area (Å²) in [5.74, 6) is 6.23. The van der Waals surface area contributed by atoms with Crippen molar-refractivity contribution in [1.29, 1.82) is 0 Å². The third kappa shape index (κ3) is 3.61. The van der Waals surface area contributed by atoms with Crippen molar-refractivity contribution in [2.45, 2.75) is 46.1 Å². The summed E-state index contributed by atoms with van der Waals surface area (Å²) in [6, 6.07) is 2.50. The zero-order valence-electron chi connectivity index (χ0n) is 10.8. The Balaban J connectivity index is 2.65.